The number of carbonyl (C=O) groups excluding carboxylic acids is 2. The van der Waals surface area contributed by atoms with Crippen LogP contribution in [0.25, 0.3) is 0 Å². The van der Waals surface area contributed by atoms with Crippen molar-refractivity contribution in [2.75, 3.05) is 6.61 Å². The number of carbonyl (C=O) groups is 2. The van der Waals surface area contributed by atoms with Crippen molar-refractivity contribution in [1.29, 1.82) is 0 Å². The standard InChI is InChI=1S/C22H29FO5.ClH.Na/c1-12-8-16-15-5-4-13-9-14(25)6-7-19(13,2)21(15,23)17(26)10-20(16,3)22(12,28)18(27)11-24;;/h6-7,9,12,15-17,24,26,28H,4-5,8,10-11H2,1-3H3;1H;/q;;+1/p-1/t12-,15+,16+,17+,19+,20+,21+,22+;;/m1../s1. The molecule has 4 aliphatic rings. The van der Waals surface area contributed by atoms with E-state index in [0.29, 0.717) is 24.8 Å². The second-order valence-electron chi connectivity index (χ2n) is 9.75. The van der Waals surface area contributed by atoms with Crippen molar-refractivity contribution in [3.05, 3.63) is 23.8 Å². The molecule has 8 atom stereocenters. The Bertz CT molecular complexity index is 817. The number of aliphatic hydroxyl groups is 3. The molecule has 0 aromatic rings. The van der Waals surface area contributed by atoms with Gasteiger partial charge in [0.05, 0.1) is 6.10 Å². The van der Waals surface area contributed by atoms with Gasteiger partial charge in [-0.2, -0.15) is 0 Å². The summed E-state index contributed by atoms with van der Waals surface area (Å²) in [5.41, 5.74) is -5.17. The third-order valence-electron chi connectivity index (χ3n) is 8.79. The van der Waals surface area contributed by atoms with Crippen molar-refractivity contribution >= 4 is 11.6 Å². The Morgan fingerprint density at radius 3 is 2.53 bits per heavy atom. The van der Waals surface area contributed by atoms with Crippen LogP contribution in [0.3, 0.4) is 0 Å². The van der Waals surface area contributed by atoms with Crippen LogP contribution in [0.2, 0.25) is 0 Å². The molecule has 0 amide bonds. The van der Waals surface area contributed by atoms with E-state index in [1.54, 1.807) is 26.8 Å². The molecule has 162 valence electrons. The van der Waals surface area contributed by atoms with Crippen LogP contribution in [-0.4, -0.2) is 50.9 Å². The fraction of sp³-hybridized carbons (Fsp3) is 0.727. The van der Waals surface area contributed by atoms with Crippen molar-refractivity contribution in [3.63, 3.8) is 0 Å². The molecular weight excluding hydrogens is 422 g/mol. The third-order valence-corrected chi connectivity index (χ3v) is 8.79. The third kappa shape index (κ3) is 2.87. The van der Waals surface area contributed by atoms with Crippen LogP contribution in [0, 0.1) is 28.6 Å². The number of hydrogen-bond acceptors (Lipinski definition) is 5. The molecule has 3 N–H and O–H groups in total. The zero-order valence-corrected chi connectivity index (χ0v) is 20.7. The maximum absolute atomic E-state index is 16.9. The number of aliphatic hydroxyl groups excluding tert-OH is 2. The summed E-state index contributed by atoms with van der Waals surface area (Å²) in [7, 11) is 0. The first-order valence-corrected chi connectivity index (χ1v) is 10.1. The van der Waals surface area contributed by atoms with Gasteiger partial charge in [0, 0.05) is 16.7 Å². The van der Waals surface area contributed by atoms with E-state index in [2.05, 4.69) is 0 Å². The van der Waals surface area contributed by atoms with E-state index in [1.165, 1.54) is 12.2 Å². The van der Waals surface area contributed by atoms with Gasteiger partial charge in [0.15, 0.2) is 17.2 Å². The molecular formula is C22H29ClFNaO5. The summed E-state index contributed by atoms with van der Waals surface area (Å²) >= 11 is 0. The van der Waals surface area contributed by atoms with Crippen LogP contribution in [0.15, 0.2) is 23.8 Å². The van der Waals surface area contributed by atoms with E-state index in [0.717, 1.165) is 0 Å². The summed E-state index contributed by atoms with van der Waals surface area (Å²) in [5, 5.41) is 32.0. The molecule has 3 fully saturated rings. The van der Waals surface area contributed by atoms with Crippen molar-refractivity contribution in [1.82, 2.24) is 0 Å². The van der Waals surface area contributed by atoms with Gasteiger partial charge in [0.2, 0.25) is 0 Å². The molecule has 0 saturated heterocycles. The van der Waals surface area contributed by atoms with Crippen LogP contribution < -0.4 is 42.0 Å². The number of halogens is 2. The molecule has 0 spiro atoms. The summed E-state index contributed by atoms with van der Waals surface area (Å²) in [6, 6.07) is 0. The van der Waals surface area contributed by atoms with Crippen LogP contribution in [0.4, 0.5) is 4.39 Å². The predicted molar refractivity (Wildman–Crippen MR) is 99.9 cm³/mol. The van der Waals surface area contributed by atoms with E-state index in [4.69, 9.17) is 0 Å². The van der Waals surface area contributed by atoms with Crippen molar-refractivity contribution < 1.29 is 71.3 Å². The van der Waals surface area contributed by atoms with Gasteiger partial charge in [0.25, 0.3) is 0 Å². The van der Waals surface area contributed by atoms with E-state index in [9.17, 15) is 24.9 Å². The average molecular weight is 451 g/mol. The summed E-state index contributed by atoms with van der Waals surface area (Å²) in [4.78, 5) is 24.4. The monoisotopic (exact) mass is 450 g/mol. The SMILES string of the molecule is C[C@@H]1C[C@H]2[C@@H]3CCC4=CC(=O)C=C[C@]4(C)[C@@]3(F)[C@@H](O)C[C@]2(C)[C@@]1(O)C(=O)CO.[Cl-].[Na+]. The number of fused-ring (bicyclic) bond motifs is 5. The van der Waals surface area contributed by atoms with Crippen LogP contribution in [-0.2, 0) is 9.59 Å². The number of Topliss-reactive ketones (excluding diaryl/α,β-unsaturated/α-hetero) is 1. The molecule has 0 aliphatic heterocycles. The first-order chi connectivity index (χ1) is 13.0. The van der Waals surface area contributed by atoms with E-state index < -0.39 is 52.4 Å². The van der Waals surface area contributed by atoms with Crippen LogP contribution in [0.1, 0.15) is 46.5 Å². The molecule has 0 aromatic carbocycles. The summed E-state index contributed by atoms with van der Waals surface area (Å²) in [6.07, 6.45) is 4.44. The number of rotatable bonds is 2. The van der Waals surface area contributed by atoms with Gasteiger partial charge in [-0.1, -0.05) is 25.5 Å². The van der Waals surface area contributed by atoms with E-state index in [-0.39, 0.29) is 60.1 Å². The van der Waals surface area contributed by atoms with Crippen LogP contribution >= 0.6 is 0 Å². The molecule has 4 aliphatic carbocycles. The molecule has 0 aromatic heterocycles. The fourth-order valence-corrected chi connectivity index (χ4v) is 7.26. The van der Waals surface area contributed by atoms with Gasteiger partial charge in [-0.3, -0.25) is 9.59 Å². The van der Waals surface area contributed by atoms with Gasteiger partial charge >= 0.3 is 29.6 Å². The van der Waals surface area contributed by atoms with Crippen molar-refractivity contribution in [2.45, 2.75) is 63.8 Å². The molecule has 8 heteroatoms. The van der Waals surface area contributed by atoms with Gasteiger partial charge < -0.3 is 27.7 Å². The Kier molecular flexibility index (Phi) is 7.02. The number of ketones is 2. The molecule has 0 bridgehead atoms. The van der Waals surface area contributed by atoms with Crippen molar-refractivity contribution in [2.24, 2.45) is 28.6 Å². The number of alkyl halides is 1. The molecule has 5 nitrogen and oxygen atoms in total. The predicted octanol–water partition coefficient (Wildman–Crippen LogP) is -4.10. The number of allylic oxidation sites excluding steroid dienone is 4. The number of hydrogen-bond donors (Lipinski definition) is 3. The Balaban J connectivity index is 0.00000160. The van der Waals surface area contributed by atoms with Crippen molar-refractivity contribution in [3.8, 4) is 0 Å². The van der Waals surface area contributed by atoms with Gasteiger partial charge in [0.1, 0.15) is 12.2 Å². The second kappa shape index (κ2) is 8.05. The first-order valence-electron chi connectivity index (χ1n) is 10.1. The average Bonchev–Trinajstić information content (AvgIpc) is 2.84. The molecule has 3 saturated carbocycles. The largest absolute Gasteiger partial charge is 1.00 e. The molecule has 0 heterocycles. The maximum atomic E-state index is 16.9. The zero-order valence-electron chi connectivity index (χ0n) is 18.0. The zero-order chi connectivity index (χ0) is 20.7. The summed E-state index contributed by atoms with van der Waals surface area (Å²) in [5.74, 6) is -2.12. The second-order valence-corrected chi connectivity index (χ2v) is 9.75. The van der Waals surface area contributed by atoms with Gasteiger partial charge in [-0.25, -0.2) is 4.39 Å². The normalized spacial score (nSPS) is 49.0. The molecule has 0 unspecified atom stereocenters. The minimum atomic E-state index is -1.98. The summed E-state index contributed by atoms with van der Waals surface area (Å²) in [6.45, 7) is 4.48. The van der Waals surface area contributed by atoms with Gasteiger partial charge in [-0.15, -0.1) is 0 Å². The summed E-state index contributed by atoms with van der Waals surface area (Å²) < 4.78 is 16.9. The van der Waals surface area contributed by atoms with E-state index >= 15 is 4.39 Å². The van der Waals surface area contributed by atoms with Gasteiger partial charge in [-0.05, 0) is 56.6 Å². The van der Waals surface area contributed by atoms with Crippen LogP contribution in [0.5, 0.6) is 0 Å². The fourth-order valence-electron chi connectivity index (χ4n) is 7.26. The minimum Gasteiger partial charge on any atom is -1.00 e. The molecule has 30 heavy (non-hydrogen) atoms. The molecule has 0 radical (unpaired) electrons. The topological polar surface area (TPSA) is 94.8 Å². The Labute approximate surface area is 204 Å². The quantitative estimate of drug-likeness (QED) is 0.372. The Morgan fingerprint density at radius 2 is 1.93 bits per heavy atom. The Morgan fingerprint density at radius 1 is 1.30 bits per heavy atom. The minimum absolute atomic E-state index is 0. The first kappa shape index (κ1) is 26.2. The van der Waals surface area contributed by atoms with E-state index in [1.807, 2.05) is 0 Å². The maximum Gasteiger partial charge on any atom is 1.00 e. The Hall–Kier alpha value is -0.0800. The molecule has 4 rings (SSSR count). The smallest absolute Gasteiger partial charge is 1.00 e.